The van der Waals surface area contributed by atoms with Crippen LogP contribution in [0.2, 0.25) is 4.34 Å². The van der Waals surface area contributed by atoms with Gasteiger partial charge < -0.3 is 14.8 Å². The second kappa shape index (κ2) is 8.98. The van der Waals surface area contributed by atoms with Crippen LogP contribution in [0.1, 0.15) is 16.2 Å². The number of rotatable bonds is 5. The van der Waals surface area contributed by atoms with Gasteiger partial charge in [-0.2, -0.15) is 5.26 Å². The quantitative estimate of drug-likeness (QED) is 0.175. The SMILES string of the molecule is N#CC(=C(O)COC(=O)c1cc(-c2ccc(Cl)s2)nc2ccccc12)c1nc2ccccc2[nH]1. The monoisotopic (exact) mass is 486 g/mol. The van der Waals surface area contributed by atoms with Gasteiger partial charge in [0, 0.05) is 5.39 Å². The standard InChI is InChI=1S/C25H15ClN4O3S/c26-23-10-9-22(34-23)20-11-15(14-5-1-2-6-17(14)28-20)25(32)33-13-21(31)16(12-27)24-29-18-7-3-4-8-19(18)30-24/h1-11,31H,13H2,(H,29,30). The number of imidazole rings is 1. The van der Waals surface area contributed by atoms with E-state index in [9.17, 15) is 15.2 Å². The number of carbonyl (C=O) groups excluding carboxylic acids is 1. The van der Waals surface area contributed by atoms with E-state index in [1.54, 1.807) is 36.4 Å². The molecule has 7 nitrogen and oxygen atoms in total. The van der Waals surface area contributed by atoms with Gasteiger partial charge in [-0.1, -0.05) is 41.9 Å². The van der Waals surface area contributed by atoms with Crippen LogP contribution >= 0.6 is 22.9 Å². The number of fused-ring (bicyclic) bond motifs is 2. The molecule has 0 atom stereocenters. The number of benzene rings is 2. The van der Waals surface area contributed by atoms with E-state index in [0.717, 1.165) is 10.4 Å². The lowest BCUT2D eigenvalue weighted by atomic mass is 10.1. The number of allylic oxidation sites excluding steroid dienone is 1. The molecule has 0 saturated heterocycles. The molecule has 5 aromatic rings. The van der Waals surface area contributed by atoms with E-state index in [0.29, 0.717) is 32.0 Å². The Morgan fingerprint density at radius 2 is 1.85 bits per heavy atom. The van der Waals surface area contributed by atoms with E-state index in [1.807, 2.05) is 36.4 Å². The van der Waals surface area contributed by atoms with E-state index in [2.05, 4.69) is 15.0 Å². The van der Waals surface area contributed by atoms with Crippen LogP contribution in [-0.4, -0.2) is 32.6 Å². The second-order valence-corrected chi connectivity index (χ2v) is 9.00. The Balaban J connectivity index is 1.45. The molecule has 5 rings (SSSR count). The molecule has 0 amide bonds. The first kappa shape index (κ1) is 21.6. The van der Waals surface area contributed by atoms with Crippen molar-refractivity contribution in [1.29, 1.82) is 5.26 Å². The van der Waals surface area contributed by atoms with Crippen LogP contribution < -0.4 is 0 Å². The number of nitriles is 1. The molecule has 9 heteroatoms. The van der Waals surface area contributed by atoms with E-state index < -0.39 is 18.3 Å². The van der Waals surface area contributed by atoms with Crippen LogP contribution in [0, 0.1) is 11.3 Å². The summed E-state index contributed by atoms with van der Waals surface area (Å²) in [5.41, 5.74) is 2.77. The van der Waals surface area contributed by atoms with Crippen molar-refractivity contribution in [3.8, 4) is 16.6 Å². The molecule has 0 saturated carbocycles. The summed E-state index contributed by atoms with van der Waals surface area (Å²) in [6.07, 6.45) is 0. The Morgan fingerprint density at radius 3 is 2.59 bits per heavy atom. The van der Waals surface area contributed by atoms with Crippen LogP contribution in [0.25, 0.3) is 38.1 Å². The number of nitrogens with one attached hydrogen (secondary N) is 1. The lowest BCUT2D eigenvalue weighted by Gasteiger charge is -2.10. The summed E-state index contributed by atoms with van der Waals surface area (Å²) < 4.78 is 5.99. The Morgan fingerprint density at radius 1 is 1.09 bits per heavy atom. The normalized spacial score (nSPS) is 11.9. The number of hydrogen-bond donors (Lipinski definition) is 2. The Hall–Kier alpha value is -4.19. The molecule has 166 valence electrons. The fraction of sp³-hybridized carbons (Fsp3) is 0.0400. The Labute approximate surface area is 202 Å². The zero-order valence-corrected chi connectivity index (χ0v) is 19.0. The summed E-state index contributed by atoms with van der Waals surface area (Å²) in [5, 5.41) is 20.7. The van der Waals surface area contributed by atoms with Crippen LogP contribution in [0.3, 0.4) is 0 Å². The summed E-state index contributed by atoms with van der Waals surface area (Å²) in [5.74, 6) is -0.863. The number of pyridine rings is 1. The van der Waals surface area contributed by atoms with Crippen molar-refractivity contribution >= 4 is 56.4 Å². The van der Waals surface area contributed by atoms with Gasteiger partial charge in [0.25, 0.3) is 0 Å². The number of aliphatic hydroxyl groups excluding tert-OH is 1. The highest BCUT2D eigenvalue weighted by Gasteiger charge is 2.19. The molecule has 0 unspecified atom stereocenters. The lowest BCUT2D eigenvalue weighted by Crippen LogP contribution is -2.10. The molecule has 3 heterocycles. The fourth-order valence-corrected chi connectivity index (χ4v) is 4.54. The topological polar surface area (TPSA) is 112 Å². The van der Waals surface area contributed by atoms with Gasteiger partial charge in [0.2, 0.25) is 0 Å². The summed E-state index contributed by atoms with van der Waals surface area (Å²) in [6.45, 7) is -0.490. The molecule has 3 aromatic heterocycles. The molecule has 2 aromatic carbocycles. The first-order valence-electron chi connectivity index (χ1n) is 10.1. The van der Waals surface area contributed by atoms with Gasteiger partial charge in [-0.3, -0.25) is 0 Å². The molecule has 0 aliphatic carbocycles. The van der Waals surface area contributed by atoms with Crippen LogP contribution in [0.4, 0.5) is 0 Å². The number of thiophene rings is 1. The van der Waals surface area contributed by atoms with Crippen LogP contribution in [0.15, 0.2) is 72.5 Å². The second-order valence-electron chi connectivity index (χ2n) is 7.29. The van der Waals surface area contributed by atoms with E-state index >= 15 is 0 Å². The highest BCUT2D eigenvalue weighted by Crippen LogP contribution is 2.32. The third-order valence-corrected chi connectivity index (χ3v) is 6.38. The minimum Gasteiger partial charge on any atom is -0.507 e. The number of para-hydroxylation sites is 3. The summed E-state index contributed by atoms with van der Waals surface area (Å²) in [4.78, 5) is 25.8. The summed E-state index contributed by atoms with van der Waals surface area (Å²) in [6, 6.07) is 21.6. The average Bonchev–Trinajstić information content (AvgIpc) is 3.48. The van der Waals surface area contributed by atoms with Crippen molar-refractivity contribution < 1.29 is 14.6 Å². The Bertz CT molecular complexity index is 1600. The van der Waals surface area contributed by atoms with Gasteiger partial charge in [0.1, 0.15) is 18.2 Å². The maximum Gasteiger partial charge on any atom is 0.339 e. The smallest absolute Gasteiger partial charge is 0.339 e. The summed E-state index contributed by atoms with van der Waals surface area (Å²) >= 11 is 7.42. The van der Waals surface area contributed by atoms with Gasteiger partial charge in [-0.15, -0.1) is 11.3 Å². The maximum absolute atomic E-state index is 13.0. The average molecular weight is 487 g/mol. The van der Waals surface area contributed by atoms with E-state index in [1.165, 1.54) is 11.3 Å². The van der Waals surface area contributed by atoms with Gasteiger partial charge in [0.05, 0.1) is 37.0 Å². The number of ether oxygens (including phenoxy) is 1. The number of nitrogens with zero attached hydrogens (tertiary/aromatic N) is 3. The van der Waals surface area contributed by atoms with Crippen molar-refractivity contribution in [3.05, 3.63) is 88.2 Å². The number of halogens is 1. The van der Waals surface area contributed by atoms with Gasteiger partial charge in [0.15, 0.2) is 11.6 Å². The number of carbonyl (C=O) groups is 1. The van der Waals surface area contributed by atoms with Gasteiger partial charge >= 0.3 is 5.97 Å². The Kier molecular flexibility index (Phi) is 5.72. The number of esters is 1. The molecule has 0 aliphatic rings. The van der Waals surface area contributed by atoms with Crippen molar-refractivity contribution in [3.63, 3.8) is 0 Å². The molecule has 0 aliphatic heterocycles. The zero-order valence-electron chi connectivity index (χ0n) is 17.4. The highest BCUT2D eigenvalue weighted by molar-refractivity contribution is 7.19. The zero-order chi connectivity index (χ0) is 23.7. The number of aromatic amines is 1. The number of aliphatic hydroxyl groups is 1. The van der Waals surface area contributed by atoms with Crippen LogP contribution in [0.5, 0.6) is 0 Å². The lowest BCUT2D eigenvalue weighted by molar-refractivity contribution is 0.0505. The maximum atomic E-state index is 13.0. The predicted molar refractivity (Wildman–Crippen MR) is 132 cm³/mol. The van der Waals surface area contributed by atoms with Crippen molar-refractivity contribution in [2.75, 3.05) is 6.61 Å². The third-order valence-electron chi connectivity index (χ3n) is 5.13. The number of hydrogen-bond acceptors (Lipinski definition) is 7. The number of H-pyrrole nitrogens is 1. The molecule has 2 N–H and O–H groups in total. The van der Waals surface area contributed by atoms with Gasteiger partial charge in [-0.05, 0) is 36.4 Å². The molecule has 0 spiro atoms. The van der Waals surface area contributed by atoms with Crippen molar-refractivity contribution in [1.82, 2.24) is 15.0 Å². The minimum absolute atomic E-state index is 0.0995. The molecule has 0 bridgehead atoms. The molecule has 34 heavy (non-hydrogen) atoms. The van der Waals surface area contributed by atoms with Gasteiger partial charge in [-0.25, -0.2) is 14.8 Å². The molecular weight excluding hydrogens is 472 g/mol. The fourth-order valence-electron chi connectivity index (χ4n) is 3.53. The molecule has 0 fully saturated rings. The van der Waals surface area contributed by atoms with Crippen molar-refractivity contribution in [2.45, 2.75) is 0 Å². The van der Waals surface area contributed by atoms with Crippen molar-refractivity contribution in [2.24, 2.45) is 0 Å². The molecule has 0 radical (unpaired) electrons. The largest absolute Gasteiger partial charge is 0.507 e. The number of aromatic nitrogens is 3. The highest BCUT2D eigenvalue weighted by atomic mass is 35.5. The van der Waals surface area contributed by atoms with Crippen LogP contribution in [-0.2, 0) is 4.74 Å². The molecular formula is C25H15ClN4O3S. The first-order chi connectivity index (χ1) is 16.5. The minimum atomic E-state index is -0.657. The predicted octanol–water partition coefficient (Wildman–Crippen LogP) is 6.14. The third kappa shape index (κ3) is 4.10. The summed E-state index contributed by atoms with van der Waals surface area (Å²) in [7, 11) is 0. The first-order valence-corrected chi connectivity index (χ1v) is 11.3. The van der Waals surface area contributed by atoms with E-state index in [4.69, 9.17) is 16.3 Å². The van der Waals surface area contributed by atoms with E-state index in [-0.39, 0.29) is 11.4 Å².